The molecule has 6 nitrogen and oxygen atoms in total. The molecule has 0 radical (unpaired) electrons. The zero-order chi connectivity index (χ0) is 14.5. The summed E-state index contributed by atoms with van der Waals surface area (Å²) in [4.78, 5) is 12.0. The van der Waals surface area contributed by atoms with Gasteiger partial charge in [-0.3, -0.25) is 10.1 Å². The molecule has 0 bridgehead atoms. The predicted octanol–water partition coefficient (Wildman–Crippen LogP) is 2.33. The average Bonchev–Trinajstić information content (AvgIpc) is 2.88. The molecule has 1 amide bonds. The Morgan fingerprint density at radius 3 is 2.85 bits per heavy atom. The lowest BCUT2D eigenvalue weighted by atomic mass is 10.1. The number of amides is 1. The molecule has 0 aliphatic heterocycles. The highest BCUT2D eigenvalue weighted by molar-refractivity contribution is 7.15. The molecule has 106 valence electrons. The maximum Gasteiger partial charge on any atom is 0.263 e. The topological polar surface area (TPSA) is 81.8 Å². The highest BCUT2D eigenvalue weighted by Crippen LogP contribution is 2.28. The van der Waals surface area contributed by atoms with Gasteiger partial charge in [0, 0.05) is 12.0 Å². The van der Waals surface area contributed by atoms with E-state index in [0.717, 1.165) is 17.8 Å². The third kappa shape index (κ3) is 3.30. The zero-order valence-corrected chi connectivity index (χ0v) is 12.2. The van der Waals surface area contributed by atoms with E-state index in [1.807, 2.05) is 0 Å². The van der Waals surface area contributed by atoms with Crippen molar-refractivity contribution in [3.8, 4) is 0 Å². The Kier molecular flexibility index (Phi) is 4.62. The monoisotopic (exact) mass is 292 g/mol. The Bertz CT molecular complexity index is 596. The molecule has 0 saturated carbocycles. The highest BCUT2D eigenvalue weighted by atomic mass is 32.1. The van der Waals surface area contributed by atoms with Crippen molar-refractivity contribution in [2.45, 2.75) is 32.6 Å². The number of rotatable bonds is 5. The van der Waals surface area contributed by atoms with Crippen LogP contribution in [0.1, 0.15) is 48.0 Å². The molecule has 1 N–H and O–H groups in total. The third-order valence-corrected chi connectivity index (χ3v) is 4.03. The Morgan fingerprint density at radius 1 is 1.45 bits per heavy atom. The van der Waals surface area contributed by atoms with E-state index >= 15 is 0 Å². The van der Waals surface area contributed by atoms with E-state index in [-0.39, 0.29) is 5.91 Å². The van der Waals surface area contributed by atoms with Crippen molar-refractivity contribution in [3.63, 3.8) is 0 Å². The summed E-state index contributed by atoms with van der Waals surface area (Å²) >= 11 is 1.38. The van der Waals surface area contributed by atoms with Crippen LogP contribution in [0, 0.1) is 5.21 Å². The van der Waals surface area contributed by atoms with Crippen LogP contribution in [-0.4, -0.2) is 16.1 Å². The number of hydrogen-bond acceptors (Lipinski definition) is 5. The van der Waals surface area contributed by atoms with E-state index in [4.69, 9.17) is 0 Å². The van der Waals surface area contributed by atoms with Gasteiger partial charge in [-0.25, -0.2) is 0 Å². The Labute approximate surface area is 121 Å². The number of pyridine rings is 1. The van der Waals surface area contributed by atoms with Gasteiger partial charge >= 0.3 is 0 Å². The normalized spacial score (nSPS) is 10.8. The van der Waals surface area contributed by atoms with Crippen LogP contribution in [0.15, 0.2) is 24.5 Å². The lowest BCUT2D eigenvalue weighted by Gasteiger charge is -2.05. The average molecular weight is 292 g/mol. The van der Waals surface area contributed by atoms with Gasteiger partial charge in [-0.15, -0.1) is 10.2 Å². The molecule has 0 saturated heterocycles. The number of carbonyl (C=O) groups excluding carboxylic acids is 1. The molecular formula is C13H16N4O2S. The van der Waals surface area contributed by atoms with Gasteiger partial charge in [0.25, 0.3) is 5.91 Å². The van der Waals surface area contributed by atoms with E-state index < -0.39 is 0 Å². The van der Waals surface area contributed by atoms with E-state index in [9.17, 15) is 10.0 Å². The van der Waals surface area contributed by atoms with Crippen LogP contribution in [0.25, 0.3) is 0 Å². The van der Waals surface area contributed by atoms with Crippen LogP contribution in [0.2, 0.25) is 0 Å². The van der Waals surface area contributed by atoms with Crippen LogP contribution in [-0.2, 0) is 0 Å². The summed E-state index contributed by atoms with van der Waals surface area (Å²) in [5.41, 5.74) is 0.293. The van der Waals surface area contributed by atoms with E-state index in [1.54, 1.807) is 6.07 Å². The van der Waals surface area contributed by atoms with Crippen molar-refractivity contribution in [2.75, 3.05) is 5.32 Å². The van der Waals surface area contributed by atoms with Crippen molar-refractivity contribution in [3.05, 3.63) is 40.3 Å². The van der Waals surface area contributed by atoms with Crippen molar-refractivity contribution < 1.29 is 9.52 Å². The Morgan fingerprint density at radius 2 is 2.20 bits per heavy atom. The maximum atomic E-state index is 12.0. The first-order chi connectivity index (χ1) is 9.63. The van der Waals surface area contributed by atoms with Gasteiger partial charge in [0.2, 0.25) is 5.13 Å². The summed E-state index contributed by atoms with van der Waals surface area (Å²) in [6, 6.07) is 3.10. The largest absolute Gasteiger partial charge is 0.619 e. The third-order valence-electron chi connectivity index (χ3n) is 3.03. The number of anilines is 1. The fourth-order valence-corrected chi connectivity index (χ4v) is 2.85. The van der Waals surface area contributed by atoms with Gasteiger partial charge in [-0.1, -0.05) is 25.2 Å². The lowest BCUT2D eigenvalue weighted by Crippen LogP contribution is -2.27. The molecule has 0 spiro atoms. The van der Waals surface area contributed by atoms with E-state index in [1.165, 1.54) is 29.8 Å². The number of nitrogens with zero attached hydrogens (tertiary/aromatic N) is 3. The Hall–Kier alpha value is -2.02. The van der Waals surface area contributed by atoms with Crippen LogP contribution in [0.3, 0.4) is 0 Å². The molecule has 0 aliphatic carbocycles. The molecule has 7 heteroatoms. The van der Waals surface area contributed by atoms with Crippen molar-refractivity contribution in [2.24, 2.45) is 0 Å². The standard InChI is InChI=1S/C13H16N4O2S/c1-3-9(4-2)12-15-16-13(20-12)14-11(18)10-6-5-7-17(19)8-10/h5-9H,3-4H2,1-2H3,(H,14,16,18). The van der Waals surface area contributed by atoms with Crippen LogP contribution in [0.4, 0.5) is 5.13 Å². The first kappa shape index (κ1) is 14.4. The number of aromatic nitrogens is 3. The first-order valence-electron chi connectivity index (χ1n) is 6.47. The summed E-state index contributed by atoms with van der Waals surface area (Å²) in [5.74, 6) is 0.0149. The number of carbonyl (C=O) groups is 1. The molecule has 0 aromatic carbocycles. The van der Waals surface area contributed by atoms with Gasteiger partial charge in [0.15, 0.2) is 12.4 Å². The SMILES string of the molecule is CCC(CC)c1nnc(NC(=O)c2ccc[n+]([O-])c2)s1. The second kappa shape index (κ2) is 6.42. The van der Waals surface area contributed by atoms with Crippen LogP contribution >= 0.6 is 11.3 Å². The molecule has 2 aromatic heterocycles. The summed E-state index contributed by atoms with van der Waals surface area (Å²) in [6.07, 6.45) is 4.53. The molecule has 2 rings (SSSR count). The second-order valence-electron chi connectivity index (χ2n) is 4.37. The minimum Gasteiger partial charge on any atom is -0.619 e. The minimum atomic E-state index is -0.359. The smallest absolute Gasteiger partial charge is 0.263 e. The molecule has 0 aliphatic rings. The summed E-state index contributed by atoms with van der Waals surface area (Å²) < 4.78 is 0.588. The zero-order valence-electron chi connectivity index (χ0n) is 11.4. The van der Waals surface area contributed by atoms with Crippen LogP contribution < -0.4 is 10.0 Å². The fourth-order valence-electron chi connectivity index (χ4n) is 1.85. The van der Waals surface area contributed by atoms with Crippen molar-refractivity contribution in [1.82, 2.24) is 10.2 Å². The number of nitrogens with one attached hydrogen (secondary N) is 1. The fraction of sp³-hybridized carbons (Fsp3) is 0.385. The first-order valence-corrected chi connectivity index (χ1v) is 7.29. The van der Waals surface area contributed by atoms with E-state index in [0.29, 0.717) is 21.3 Å². The molecule has 2 aromatic rings. The lowest BCUT2D eigenvalue weighted by molar-refractivity contribution is -0.605. The van der Waals surface area contributed by atoms with Gasteiger partial charge < -0.3 is 5.21 Å². The molecular weight excluding hydrogens is 276 g/mol. The highest BCUT2D eigenvalue weighted by Gasteiger charge is 2.16. The molecule has 20 heavy (non-hydrogen) atoms. The van der Waals surface area contributed by atoms with Crippen molar-refractivity contribution in [1.29, 1.82) is 0 Å². The molecule has 0 fully saturated rings. The van der Waals surface area contributed by atoms with Crippen molar-refractivity contribution >= 4 is 22.4 Å². The second-order valence-corrected chi connectivity index (χ2v) is 5.37. The number of hydrogen-bond donors (Lipinski definition) is 1. The van der Waals surface area contributed by atoms with Crippen LogP contribution in [0.5, 0.6) is 0 Å². The molecule has 0 unspecified atom stereocenters. The van der Waals surface area contributed by atoms with Gasteiger partial charge in [0.1, 0.15) is 10.6 Å². The predicted molar refractivity (Wildman–Crippen MR) is 76.6 cm³/mol. The van der Waals surface area contributed by atoms with Gasteiger partial charge in [-0.05, 0) is 18.9 Å². The maximum absolute atomic E-state index is 12.0. The summed E-state index contributed by atoms with van der Waals surface area (Å²) in [6.45, 7) is 4.20. The molecule has 0 atom stereocenters. The summed E-state index contributed by atoms with van der Waals surface area (Å²) in [5, 5.41) is 23.3. The van der Waals surface area contributed by atoms with Gasteiger partial charge in [-0.2, -0.15) is 4.73 Å². The summed E-state index contributed by atoms with van der Waals surface area (Å²) in [7, 11) is 0. The Balaban J connectivity index is 2.09. The quantitative estimate of drug-likeness (QED) is 0.677. The molecule has 2 heterocycles. The van der Waals surface area contributed by atoms with Gasteiger partial charge in [0.05, 0.1) is 0 Å². The van der Waals surface area contributed by atoms with E-state index in [2.05, 4.69) is 29.4 Å². The minimum absolute atomic E-state index is 0.293.